The van der Waals surface area contributed by atoms with E-state index in [2.05, 4.69) is 11.9 Å². The number of amides is 1. The van der Waals surface area contributed by atoms with Crippen LogP contribution < -0.4 is 11.1 Å². The van der Waals surface area contributed by atoms with Crippen molar-refractivity contribution in [3.05, 3.63) is 28.7 Å². The van der Waals surface area contributed by atoms with Crippen LogP contribution in [0.4, 0.5) is 5.00 Å². The van der Waals surface area contributed by atoms with E-state index < -0.39 is 6.04 Å². The van der Waals surface area contributed by atoms with Crippen LogP contribution in [-0.2, 0) is 22.4 Å². The Bertz CT molecular complexity index is 566. The van der Waals surface area contributed by atoms with E-state index in [-0.39, 0.29) is 11.9 Å². The lowest BCUT2D eigenvalue weighted by molar-refractivity contribution is -0.117. The molecular formula is C15H20N2O3S. The molecule has 114 valence electrons. The van der Waals surface area contributed by atoms with Crippen molar-refractivity contribution in [2.45, 2.75) is 38.6 Å². The molecule has 21 heavy (non-hydrogen) atoms. The Morgan fingerprint density at radius 3 is 2.95 bits per heavy atom. The van der Waals surface area contributed by atoms with E-state index in [4.69, 9.17) is 10.5 Å². The molecule has 5 nitrogen and oxygen atoms in total. The molecule has 1 amide bonds. The maximum absolute atomic E-state index is 12.1. The van der Waals surface area contributed by atoms with E-state index in [1.165, 1.54) is 11.3 Å². The molecule has 1 heterocycles. The normalized spacial score (nSPS) is 14.4. The number of carbonyl (C=O) groups is 2. The standard InChI is InChI=1S/C15H20N2O3S/c1-3-6-10(16)13(18)17-14-12(15(19)20-4-2)9-7-5-8-11(9)21-14/h3,10H,1,4-8,16H2,2H3,(H,17,18). The first-order valence-electron chi connectivity index (χ1n) is 7.07. The Labute approximate surface area is 128 Å². The molecule has 2 rings (SSSR count). The molecule has 1 unspecified atom stereocenters. The van der Waals surface area contributed by atoms with Gasteiger partial charge in [0.25, 0.3) is 0 Å². The molecule has 0 saturated carbocycles. The minimum Gasteiger partial charge on any atom is -0.462 e. The highest BCUT2D eigenvalue weighted by molar-refractivity contribution is 7.17. The van der Waals surface area contributed by atoms with Gasteiger partial charge in [-0.05, 0) is 38.2 Å². The summed E-state index contributed by atoms with van der Waals surface area (Å²) < 4.78 is 5.11. The van der Waals surface area contributed by atoms with Crippen LogP contribution in [0.5, 0.6) is 0 Å². The first-order chi connectivity index (χ1) is 10.1. The summed E-state index contributed by atoms with van der Waals surface area (Å²) in [6, 6.07) is -0.658. The molecule has 0 bridgehead atoms. The Hall–Kier alpha value is -1.66. The monoisotopic (exact) mass is 308 g/mol. The minimum absolute atomic E-state index is 0.305. The number of thiophene rings is 1. The maximum atomic E-state index is 12.1. The number of hydrogen-bond acceptors (Lipinski definition) is 5. The van der Waals surface area contributed by atoms with E-state index in [1.807, 2.05) is 0 Å². The summed E-state index contributed by atoms with van der Waals surface area (Å²) in [7, 11) is 0. The molecule has 0 spiro atoms. The molecule has 3 N–H and O–H groups in total. The third kappa shape index (κ3) is 3.33. The van der Waals surface area contributed by atoms with Crippen molar-refractivity contribution in [1.29, 1.82) is 0 Å². The number of anilines is 1. The van der Waals surface area contributed by atoms with E-state index in [9.17, 15) is 9.59 Å². The molecule has 1 atom stereocenters. The molecule has 1 aliphatic rings. The molecule has 0 aromatic carbocycles. The van der Waals surface area contributed by atoms with Gasteiger partial charge < -0.3 is 15.8 Å². The van der Waals surface area contributed by atoms with E-state index in [0.29, 0.717) is 23.6 Å². The van der Waals surface area contributed by atoms with Gasteiger partial charge in [0.05, 0.1) is 18.2 Å². The lowest BCUT2D eigenvalue weighted by Gasteiger charge is -2.11. The van der Waals surface area contributed by atoms with Crippen molar-refractivity contribution < 1.29 is 14.3 Å². The number of rotatable bonds is 6. The average Bonchev–Trinajstić information content (AvgIpc) is 2.99. The molecule has 1 aromatic rings. The molecule has 0 radical (unpaired) electrons. The van der Waals surface area contributed by atoms with Crippen LogP contribution in [0.1, 0.15) is 40.6 Å². The van der Waals surface area contributed by atoms with Crippen LogP contribution in [0, 0.1) is 0 Å². The van der Waals surface area contributed by atoms with Crippen molar-refractivity contribution in [2.24, 2.45) is 5.73 Å². The highest BCUT2D eigenvalue weighted by Gasteiger charge is 2.28. The third-order valence-electron chi connectivity index (χ3n) is 3.39. The first kappa shape index (κ1) is 15.7. The Morgan fingerprint density at radius 1 is 1.52 bits per heavy atom. The zero-order valence-corrected chi connectivity index (χ0v) is 12.9. The van der Waals surface area contributed by atoms with Crippen LogP contribution in [0.15, 0.2) is 12.7 Å². The minimum atomic E-state index is -0.658. The summed E-state index contributed by atoms with van der Waals surface area (Å²) in [5.41, 5.74) is 7.28. The Balaban J connectivity index is 2.25. The van der Waals surface area contributed by atoms with Gasteiger partial charge in [0.1, 0.15) is 5.00 Å². The summed E-state index contributed by atoms with van der Waals surface area (Å²) in [6.45, 7) is 5.65. The Morgan fingerprint density at radius 2 is 2.29 bits per heavy atom. The number of ether oxygens (including phenoxy) is 1. The van der Waals surface area contributed by atoms with Crippen LogP contribution in [-0.4, -0.2) is 24.5 Å². The van der Waals surface area contributed by atoms with E-state index in [0.717, 1.165) is 29.7 Å². The predicted molar refractivity (Wildman–Crippen MR) is 83.7 cm³/mol. The topological polar surface area (TPSA) is 81.4 Å². The number of fused-ring (bicyclic) bond motifs is 1. The highest BCUT2D eigenvalue weighted by Crippen LogP contribution is 2.39. The van der Waals surface area contributed by atoms with Gasteiger partial charge in [-0.3, -0.25) is 4.79 Å². The number of esters is 1. The number of nitrogens with one attached hydrogen (secondary N) is 1. The largest absolute Gasteiger partial charge is 0.462 e. The maximum Gasteiger partial charge on any atom is 0.341 e. The molecular weight excluding hydrogens is 288 g/mol. The van der Waals surface area contributed by atoms with Crippen molar-refractivity contribution in [3.8, 4) is 0 Å². The third-order valence-corrected chi connectivity index (χ3v) is 4.60. The van der Waals surface area contributed by atoms with Crippen LogP contribution >= 0.6 is 11.3 Å². The lowest BCUT2D eigenvalue weighted by atomic mass is 10.1. The van der Waals surface area contributed by atoms with Gasteiger partial charge in [0.15, 0.2) is 0 Å². The smallest absolute Gasteiger partial charge is 0.341 e. The van der Waals surface area contributed by atoms with Crippen LogP contribution in [0.25, 0.3) is 0 Å². The number of nitrogens with two attached hydrogens (primary N) is 1. The number of aryl methyl sites for hydroxylation is 1. The molecule has 0 saturated heterocycles. The van der Waals surface area contributed by atoms with Crippen molar-refractivity contribution in [2.75, 3.05) is 11.9 Å². The molecule has 1 aliphatic carbocycles. The highest BCUT2D eigenvalue weighted by atomic mass is 32.1. The molecule has 1 aromatic heterocycles. The fraction of sp³-hybridized carbons (Fsp3) is 0.467. The lowest BCUT2D eigenvalue weighted by Crippen LogP contribution is -2.35. The zero-order valence-electron chi connectivity index (χ0n) is 12.1. The van der Waals surface area contributed by atoms with Crippen molar-refractivity contribution in [1.82, 2.24) is 0 Å². The van der Waals surface area contributed by atoms with Gasteiger partial charge in [0, 0.05) is 4.88 Å². The van der Waals surface area contributed by atoms with Gasteiger partial charge in [-0.1, -0.05) is 6.08 Å². The SMILES string of the molecule is C=CCC(N)C(=O)Nc1sc2c(c1C(=O)OCC)CCC2. The first-order valence-corrected chi connectivity index (χ1v) is 7.89. The van der Waals surface area contributed by atoms with Gasteiger partial charge in [0.2, 0.25) is 5.91 Å². The number of carbonyl (C=O) groups excluding carboxylic acids is 2. The molecule has 0 aliphatic heterocycles. The van der Waals surface area contributed by atoms with E-state index in [1.54, 1.807) is 13.0 Å². The predicted octanol–water partition coefficient (Wildman–Crippen LogP) is 2.26. The summed E-state index contributed by atoms with van der Waals surface area (Å²) in [6.07, 6.45) is 4.84. The van der Waals surface area contributed by atoms with Crippen LogP contribution in [0.2, 0.25) is 0 Å². The van der Waals surface area contributed by atoms with Gasteiger partial charge in [-0.15, -0.1) is 17.9 Å². The summed E-state index contributed by atoms with van der Waals surface area (Å²) >= 11 is 1.45. The average molecular weight is 308 g/mol. The molecule has 0 fully saturated rings. The zero-order chi connectivity index (χ0) is 15.4. The summed E-state index contributed by atoms with van der Waals surface area (Å²) in [4.78, 5) is 25.3. The van der Waals surface area contributed by atoms with E-state index >= 15 is 0 Å². The quantitative estimate of drug-likeness (QED) is 0.624. The summed E-state index contributed by atoms with van der Waals surface area (Å²) in [5, 5.41) is 3.33. The summed E-state index contributed by atoms with van der Waals surface area (Å²) in [5.74, 6) is -0.676. The second-order valence-electron chi connectivity index (χ2n) is 4.90. The van der Waals surface area contributed by atoms with Gasteiger partial charge >= 0.3 is 5.97 Å². The Kier molecular flexibility index (Phi) is 5.14. The number of hydrogen-bond donors (Lipinski definition) is 2. The van der Waals surface area contributed by atoms with Gasteiger partial charge in [-0.2, -0.15) is 0 Å². The fourth-order valence-electron chi connectivity index (χ4n) is 2.40. The second-order valence-corrected chi connectivity index (χ2v) is 6.01. The van der Waals surface area contributed by atoms with Crippen molar-refractivity contribution >= 4 is 28.2 Å². The fourth-order valence-corrected chi connectivity index (χ4v) is 3.68. The molecule has 6 heteroatoms. The second kappa shape index (κ2) is 6.87. The van der Waals surface area contributed by atoms with Gasteiger partial charge in [-0.25, -0.2) is 4.79 Å². The van der Waals surface area contributed by atoms with Crippen LogP contribution in [0.3, 0.4) is 0 Å². The van der Waals surface area contributed by atoms with Crippen molar-refractivity contribution in [3.63, 3.8) is 0 Å².